The highest BCUT2D eigenvalue weighted by molar-refractivity contribution is 6.22. The van der Waals surface area contributed by atoms with Crippen molar-refractivity contribution in [1.82, 2.24) is 0 Å². The lowest BCUT2D eigenvalue weighted by Gasteiger charge is -2.33. The van der Waals surface area contributed by atoms with Gasteiger partial charge in [0.2, 0.25) is 0 Å². The second-order valence-corrected chi connectivity index (χ2v) is 4.76. The standard InChI is InChI=1S/C11H17NO3/c1-6-5-11(3,4)10(14)8(9(6)13)7(2)12-15/h6,14-15H,5H2,1-4H3/b12-7-. The van der Waals surface area contributed by atoms with Gasteiger partial charge in [-0.3, -0.25) is 4.79 Å². The molecule has 1 aliphatic carbocycles. The summed E-state index contributed by atoms with van der Waals surface area (Å²) in [6.07, 6.45) is 0.611. The normalized spacial score (nSPS) is 27.1. The topological polar surface area (TPSA) is 69.9 Å². The number of hydrogen-bond donors (Lipinski definition) is 2. The van der Waals surface area contributed by atoms with Crippen LogP contribution in [0, 0.1) is 11.3 Å². The van der Waals surface area contributed by atoms with Crippen molar-refractivity contribution >= 4 is 11.5 Å². The van der Waals surface area contributed by atoms with Crippen LogP contribution in [0.1, 0.15) is 34.1 Å². The summed E-state index contributed by atoms with van der Waals surface area (Å²) in [7, 11) is 0. The Morgan fingerprint density at radius 2 is 2.07 bits per heavy atom. The summed E-state index contributed by atoms with van der Waals surface area (Å²) >= 11 is 0. The van der Waals surface area contributed by atoms with E-state index in [2.05, 4.69) is 5.16 Å². The number of aliphatic hydroxyl groups is 1. The van der Waals surface area contributed by atoms with E-state index in [-0.39, 0.29) is 28.7 Å². The molecule has 4 nitrogen and oxygen atoms in total. The Balaban J connectivity index is 3.34. The van der Waals surface area contributed by atoms with Gasteiger partial charge in [0, 0.05) is 11.3 Å². The van der Waals surface area contributed by atoms with Crippen molar-refractivity contribution < 1.29 is 15.1 Å². The first-order valence-electron chi connectivity index (χ1n) is 4.98. The van der Waals surface area contributed by atoms with E-state index >= 15 is 0 Å². The smallest absolute Gasteiger partial charge is 0.171 e. The molecule has 0 aromatic carbocycles. The molecule has 0 aliphatic heterocycles. The number of Topliss-reactive ketones (excluding diaryl/α,β-unsaturated/α-hetero) is 1. The first kappa shape index (κ1) is 11.8. The van der Waals surface area contributed by atoms with Gasteiger partial charge < -0.3 is 10.3 Å². The summed E-state index contributed by atoms with van der Waals surface area (Å²) in [4.78, 5) is 11.8. The number of rotatable bonds is 1. The first-order valence-corrected chi connectivity index (χ1v) is 4.98. The second kappa shape index (κ2) is 3.68. The zero-order valence-corrected chi connectivity index (χ0v) is 9.53. The van der Waals surface area contributed by atoms with Gasteiger partial charge in [-0.25, -0.2) is 0 Å². The number of ketones is 1. The molecule has 0 radical (unpaired) electrons. The molecular formula is C11H17NO3. The van der Waals surface area contributed by atoms with Crippen LogP contribution in [0.3, 0.4) is 0 Å². The van der Waals surface area contributed by atoms with Gasteiger partial charge in [0.25, 0.3) is 0 Å². The maximum atomic E-state index is 11.8. The minimum Gasteiger partial charge on any atom is -0.511 e. The first-order chi connectivity index (χ1) is 6.81. The maximum absolute atomic E-state index is 11.8. The number of allylic oxidation sites excluding steroid dienone is 2. The predicted octanol–water partition coefficient (Wildman–Crippen LogP) is 2.28. The third-order valence-electron chi connectivity index (χ3n) is 2.90. The van der Waals surface area contributed by atoms with E-state index in [1.807, 2.05) is 20.8 Å². The largest absolute Gasteiger partial charge is 0.511 e. The third kappa shape index (κ3) is 1.89. The van der Waals surface area contributed by atoms with Crippen molar-refractivity contribution in [3.63, 3.8) is 0 Å². The fraction of sp³-hybridized carbons (Fsp3) is 0.636. The van der Waals surface area contributed by atoms with E-state index in [1.54, 1.807) is 0 Å². The minimum atomic E-state index is -0.436. The van der Waals surface area contributed by atoms with E-state index < -0.39 is 5.41 Å². The van der Waals surface area contributed by atoms with Crippen LogP contribution in [-0.4, -0.2) is 21.8 Å². The molecule has 0 saturated heterocycles. The van der Waals surface area contributed by atoms with Gasteiger partial charge in [-0.15, -0.1) is 0 Å². The van der Waals surface area contributed by atoms with Crippen molar-refractivity contribution in [2.24, 2.45) is 16.5 Å². The molecule has 0 aromatic heterocycles. The SMILES string of the molecule is C/C(=N/O)C1=C(O)C(C)(C)CC(C)C1=O. The van der Waals surface area contributed by atoms with Crippen LogP contribution < -0.4 is 0 Å². The molecule has 4 heteroatoms. The lowest BCUT2D eigenvalue weighted by molar-refractivity contribution is -0.120. The van der Waals surface area contributed by atoms with Gasteiger partial charge in [0.05, 0.1) is 11.3 Å². The Hall–Kier alpha value is -1.32. The molecule has 15 heavy (non-hydrogen) atoms. The molecule has 84 valence electrons. The molecular weight excluding hydrogens is 194 g/mol. The number of carbonyl (C=O) groups excluding carboxylic acids is 1. The van der Waals surface area contributed by atoms with Crippen LogP contribution in [0.4, 0.5) is 0 Å². The molecule has 0 spiro atoms. The summed E-state index contributed by atoms with van der Waals surface area (Å²) in [5, 5.41) is 21.6. The zero-order valence-electron chi connectivity index (χ0n) is 9.53. The third-order valence-corrected chi connectivity index (χ3v) is 2.90. The number of carbonyl (C=O) groups is 1. The number of hydrogen-bond acceptors (Lipinski definition) is 4. The fourth-order valence-corrected chi connectivity index (χ4v) is 2.06. The van der Waals surface area contributed by atoms with Crippen molar-refractivity contribution in [3.8, 4) is 0 Å². The summed E-state index contributed by atoms with van der Waals surface area (Å²) in [6, 6.07) is 0. The van der Waals surface area contributed by atoms with Gasteiger partial charge >= 0.3 is 0 Å². The highest BCUT2D eigenvalue weighted by Crippen LogP contribution is 2.40. The number of aliphatic hydroxyl groups excluding tert-OH is 1. The Kier molecular flexibility index (Phi) is 2.88. The summed E-state index contributed by atoms with van der Waals surface area (Å²) < 4.78 is 0. The van der Waals surface area contributed by atoms with Crippen LogP contribution in [0.25, 0.3) is 0 Å². The molecule has 2 N–H and O–H groups in total. The lowest BCUT2D eigenvalue weighted by atomic mass is 9.71. The van der Waals surface area contributed by atoms with E-state index in [4.69, 9.17) is 5.21 Å². The van der Waals surface area contributed by atoms with Crippen molar-refractivity contribution in [2.45, 2.75) is 34.1 Å². The average molecular weight is 211 g/mol. The van der Waals surface area contributed by atoms with E-state index in [1.165, 1.54) is 6.92 Å². The minimum absolute atomic E-state index is 0.0286. The van der Waals surface area contributed by atoms with Crippen molar-refractivity contribution in [3.05, 3.63) is 11.3 Å². The van der Waals surface area contributed by atoms with Gasteiger partial charge in [0.15, 0.2) is 5.78 Å². The number of oxime groups is 1. The highest BCUT2D eigenvalue weighted by atomic mass is 16.4. The molecule has 0 aromatic rings. The molecule has 1 rings (SSSR count). The Morgan fingerprint density at radius 1 is 1.53 bits per heavy atom. The molecule has 0 fully saturated rings. The van der Waals surface area contributed by atoms with Crippen LogP contribution >= 0.6 is 0 Å². The fourth-order valence-electron chi connectivity index (χ4n) is 2.06. The average Bonchev–Trinajstić information content (AvgIpc) is 2.14. The highest BCUT2D eigenvalue weighted by Gasteiger charge is 2.39. The molecule has 1 unspecified atom stereocenters. The Bertz CT molecular complexity index is 353. The predicted molar refractivity (Wildman–Crippen MR) is 57.1 cm³/mol. The quantitative estimate of drug-likeness (QED) is 0.397. The van der Waals surface area contributed by atoms with E-state index in [0.29, 0.717) is 6.42 Å². The van der Waals surface area contributed by atoms with Crippen LogP contribution in [0.15, 0.2) is 16.5 Å². The summed E-state index contributed by atoms with van der Waals surface area (Å²) in [6.45, 7) is 7.07. The van der Waals surface area contributed by atoms with Crippen LogP contribution in [0.2, 0.25) is 0 Å². The molecule has 0 amide bonds. The lowest BCUT2D eigenvalue weighted by Crippen LogP contribution is -2.34. The van der Waals surface area contributed by atoms with Gasteiger partial charge in [0.1, 0.15) is 5.76 Å². The number of nitrogens with zero attached hydrogens (tertiary/aromatic N) is 1. The second-order valence-electron chi connectivity index (χ2n) is 4.76. The summed E-state index contributed by atoms with van der Waals surface area (Å²) in [5.74, 6) is -0.273. The molecule has 0 heterocycles. The van der Waals surface area contributed by atoms with Crippen LogP contribution in [0.5, 0.6) is 0 Å². The van der Waals surface area contributed by atoms with Crippen molar-refractivity contribution in [1.29, 1.82) is 0 Å². The van der Waals surface area contributed by atoms with E-state index in [9.17, 15) is 9.90 Å². The zero-order chi connectivity index (χ0) is 11.8. The molecule has 0 bridgehead atoms. The Morgan fingerprint density at radius 3 is 2.53 bits per heavy atom. The van der Waals surface area contributed by atoms with Crippen LogP contribution in [-0.2, 0) is 4.79 Å². The van der Waals surface area contributed by atoms with Crippen molar-refractivity contribution in [2.75, 3.05) is 0 Å². The molecule has 1 atom stereocenters. The van der Waals surface area contributed by atoms with Gasteiger partial charge in [-0.2, -0.15) is 0 Å². The maximum Gasteiger partial charge on any atom is 0.171 e. The molecule has 0 saturated carbocycles. The van der Waals surface area contributed by atoms with Gasteiger partial charge in [-0.05, 0) is 13.3 Å². The molecule has 1 aliphatic rings. The monoisotopic (exact) mass is 211 g/mol. The Labute approximate surface area is 89.3 Å². The van der Waals surface area contributed by atoms with E-state index in [0.717, 1.165) is 0 Å². The van der Waals surface area contributed by atoms with Gasteiger partial charge in [-0.1, -0.05) is 25.9 Å². The summed E-state index contributed by atoms with van der Waals surface area (Å²) in [5.41, 5.74) is -0.0902.